The van der Waals surface area contributed by atoms with Gasteiger partial charge in [0, 0.05) is 31.7 Å². The van der Waals surface area contributed by atoms with Gasteiger partial charge in [-0.3, -0.25) is 14.5 Å². The summed E-state index contributed by atoms with van der Waals surface area (Å²) in [7, 11) is 4.58. The van der Waals surface area contributed by atoms with Gasteiger partial charge >= 0.3 is 0 Å². The Morgan fingerprint density at radius 1 is 0.944 bits per heavy atom. The van der Waals surface area contributed by atoms with Gasteiger partial charge in [0.15, 0.2) is 11.5 Å². The van der Waals surface area contributed by atoms with Gasteiger partial charge in [-0.2, -0.15) is 0 Å². The first-order valence-corrected chi connectivity index (χ1v) is 11.9. The number of methoxy groups -OCH3 is 3. The second-order valence-corrected chi connectivity index (χ2v) is 8.64. The molecule has 2 aromatic rings. The van der Waals surface area contributed by atoms with Crippen LogP contribution in [0.4, 0.5) is 0 Å². The molecule has 1 amide bonds. The fraction of sp³-hybridized carbons (Fsp3) is 0.407. The number of morpholine rings is 1. The smallest absolute Gasteiger partial charge is 0.295 e. The molecule has 0 spiro atoms. The van der Waals surface area contributed by atoms with E-state index in [1.165, 1.54) is 14.2 Å². The van der Waals surface area contributed by atoms with Crippen LogP contribution in [0, 0.1) is 0 Å². The lowest BCUT2D eigenvalue weighted by molar-refractivity contribution is -0.140. The topological polar surface area (TPSA) is 97.8 Å². The van der Waals surface area contributed by atoms with Crippen LogP contribution in [0.25, 0.3) is 5.76 Å². The lowest BCUT2D eigenvalue weighted by atomic mass is 9.95. The molecule has 2 saturated heterocycles. The van der Waals surface area contributed by atoms with Crippen LogP contribution >= 0.6 is 0 Å². The summed E-state index contributed by atoms with van der Waals surface area (Å²) in [5, 5.41) is 11.3. The normalized spacial score (nSPS) is 20.0. The summed E-state index contributed by atoms with van der Waals surface area (Å²) in [4.78, 5) is 30.3. The van der Waals surface area contributed by atoms with E-state index in [-0.39, 0.29) is 11.3 Å². The molecule has 2 heterocycles. The van der Waals surface area contributed by atoms with E-state index in [1.54, 1.807) is 42.3 Å². The third kappa shape index (κ3) is 5.17. The summed E-state index contributed by atoms with van der Waals surface area (Å²) in [6.45, 7) is 4.25. The SMILES string of the molecule is COc1ccc(C2/C(=C(\O)c3ccc(OC)c(OC)c3)C(=O)C(=O)N2CCCN2CCOCC2)cc1. The summed E-state index contributed by atoms with van der Waals surface area (Å²) >= 11 is 0. The zero-order valence-electron chi connectivity index (χ0n) is 20.9. The highest BCUT2D eigenvalue weighted by atomic mass is 16.5. The Morgan fingerprint density at radius 2 is 1.64 bits per heavy atom. The van der Waals surface area contributed by atoms with Crippen molar-refractivity contribution in [3.05, 3.63) is 59.2 Å². The summed E-state index contributed by atoms with van der Waals surface area (Å²) in [6, 6.07) is 11.3. The highest BCUT2D eigenvalue weighted by Gasteiger charge is 2.45. The molecule has 9 nitrogen and oxygen atoms in total. The highest BCUT2D eigenvalue weighted by Crippen LogP contribution is 2.41. The van der Waals surface area contributed by atoms with Crippen LogP contribution < -0.4 is 14.2 Å². The molecule has 2 aliphatic rings. The molecule has 1 unspecified atom stereocenters. The largest absolute Gasteiger partial charge is 0.507 e. The van der Waals surface area contributed by atoms with Gasteiger partial charge in [-0.1, -0.05) is 12.1 Å². The van der Waals surface area contributed by atoms with E-state index >= 15 is 0 Å². The average molecular weight is 497 g/mol. The zero-order valence-corrected chi connectivity index (χ0v) is 20.9. The van der Waals surface area contributed by atoms with Gasteiger partial charge in [0.05, 0.1) is 46.2 Å². The number of Topliss-reactive ketones (excluding diaryl/α,β-unsaturated/α-hetero) is 1. The van der Waals surface area contributed by atoms with E-state index in [9.17, 15) is 14.7 Å². The Morgan fingerprint density at radius 3 is 2.28 bits per heavy atom. The van der Waals surface area contributed by atoms with E-state index in [1.807, 2.05) is 12.1 Å². The van der Waals surface area contributed by atoms with Crippen molar-refractivity contribution in [1.29, 1.82) is 0 Å². The minimum atomic E-state index is -0.728. The highest BCUT2D eigenvalue weighted by molar-refractivity contribution is 6.46. The molecule has 2 aromatic carbocycles. The number of rotatable bonds is 9. The molecule has 1 atom stereocenters. The van der Waals surface area contributed by atoms with Crippen molar-refractivity contribution in [2.75, 3.05) is 60.7 Å². The summed E-state index contributed by atoms with van der Waals surface area (Å²) in [5.74, 6) is -0.0467. The Balaban J connectivity index is 1.70. The number of benzene rings is 2. The van der Waals surface area contributed by atoms with E-state index in [0.717, 1.165) is 19.6 Å². The first kappa shape index (κ1) is 25.5. The Kier molecular flexibility index (Phi) is 8.12. The summed E-state index contributed by atoms with van der Waals surface area (Å²) in [6.07, 6.45) is 0.691. The van der Waals surface area contributed by atoms with Crippen molar-refractivity contribution in [2.24, 2.45) is 0 Å². The van der Waals surface area contributed by atoms with Gasteiger partial charge < -0.3 is 29.0 Å². The van der Waals surface area contributed by atoms with Gasteiger partial charge in [-0.15, -0.1) is 0 Å². The molecule has 2 fully saturated rings. The molecule has 9 heteroatoms. The maximum atomic E-state index is 13.3. The van der Waals surface area contributed by atoms with Gasteiger partial charge in [-0.25, -0.2) is 0 Å². The Hall–Kier alpha value is -3.56. The molecule has 36 heavy (non-hydrogen) atoms. The van der Waals surface area contributed by atoms with Crippen molar-refractivity contribution < 1.29 is 33.6 Å². The molecule has 4 rings (SSSR count). The van der Waals surface area contributed by atoms with Crippen LogP contribution in [-0.2, 0) is 14.3 Å². The lowest BCUT2D eigenvalue weighted by Gasteiger charge is -2.29. The molecular weight excluding hydrogens is 464 g/mol. The number of likely N-dealkylation sites (tertiary alicyclic amines) is 1. The average Bonchev–Trinajstić information content (AvgIpc) is 3.18. The van der Waals surface area contributed by atoms with Crippen molar-refractivity contribution in [1.82, 2.24) is 9.80 Å². The van der Waals surface area contributed by atoms with Crippen LogP contribution in [0.5, 0.6) is 17.2 Å². The van der Waals surface area contributed by atoms with Crippen molar-refractivity contribution in [3.8, 4) is 17.2 Å². The minimum absolute atomic E-state index is 0.0451. The third-order valence-electron chi connectivity index (χ3n) is 6.61. The van der Waals surface area contributed by atoms with Crippen molar-refractivity contribution >= 4 is 17.4 Å². The van der Waals surface area contributed by atoms with Crippen LogP contribution in [-0.4, -0.2) is 87.3 Å². The van der Waals surface area contributed by atoms with Crippen LogP contribution in [0.15, 0.2) is 48.0 Å². The maximum absolute atomic E-state index is 13.3. The monoisotopic (exact) mass is 496 g/mol. The van der Waals surface area contributed by atoms with Crippen molar-refractivity contribution in [3.63, 3.8) is 0 Å². The number of hydrogen-bond acceptors (Lipinski definition) is 8. The number of aliphatic hydroxyl groups is 1. The number of carbonyl (C=O) groups is 2. The van der Waals surface area contributed by atoms with Gasteiger partial charge in [0.1, 0.15) is 11.5 Å². The molecular formula is C27H32N2O7. The number of nitrogens with zero attached hydrogens (tertiary/aromatic N) is 2. The zero-order chi connectivity index (χ0) is 25.7. The predicted molar refractivity (Wildman–Crippen MR) is 133 cm³/mol. The second-order valence-electron chi connectivity index (χ2n) is 8.64. The van der Waals surface area contributed by atoms with E-state index < -0.39 is 17.7 Å². The van der Waals surface area contributed by atoms with Crippen LogP contribution in [0.2, 0.25) is 0 Å². The fourth-order valence-electron chi connectivity index (χ4n) is 4.67. The van der Waals surface area contributed by atoms with Gasteiger partial charge in [0.25, 0.3) is 11.7 Å². The number of aliphatic hydroxyl groups excluding tert-OH is 1. The number of carbonyl (C=O) groups excluding carboxylic acids is 2. The quantitative estimate of drug-likeness (QED) is 0.322. The van der Waals surface area contributed by atoms with Gasteiger partial charge in [0.2, 0.25) is 0 Å². The van der Waals surface area contributed by atoms with Crippen LogP contribution in [0.1, 0.15) is 23.6 Å². The standard InChI is InChI=1S/C27H32N2O7/c1-33-20-8-5-18(6-9-20)24-23(25(30)19-7-10-21(34-2)22(17-19)35-3)26(31)27(32)29(24)12-4-11-28-13-15-36-16-14-28/h5-10,17,24,30H,4,11-16H2,1-3H3/b25-23+. The maximum Gasteiger partial charge on any atom is 0.295 e. The van der Waals surface area contributed by atoms with E-state index in [4.69, 9.17) is 18.9 Å². The molecule has 0 bridgehead atoms. The second kappa shape index (κ2) is 11.5. The molecule has 0 aromatic heterocycles. The summed E-state index contributed by atoms with van der Waals surface area (Å²) in [5.41, 5.74) is 1.12. The lowest BCUT2D eigenvalue weighted by Crippen LogP contribution is -2.38. The number of ether oxygens (including phenoxy) is 4. The van der Waals surface area contributed by atoms with Gasteiger partial charge in [-0.05, 0) is 42.3 Å². The van der Waals surface area contributed by atoms with E-state index in [2.05, 4.69) is 4.90 Å². The number of amides is 1. The molecule has 0 saturated carbocycles. The Bertz CT molecular complexity index is 1120. The minimum Gasteiger partial charge on any atom is -0.507 e. The Labute approximate surface area is 210 Å². The van der Waals surface area contributed by atoms with Crippen LogP contribution in [0.3, 0.4) is 0 Å². The molecule has 2 aliphatic heterocycles. The number of hydrogen-bond donors (Lipinski definition) is 1. The van der Waals surface area contributed by atoms with Crippen molar-refractivity contribution in [2.45, 2.75) is 12.5 Å². The third-order valence-corrected chi connectivity index (χ3v) is 6.61. The fourth-order valence-corrected chi connectivity index (χ4v) is 4.67. The first-order valence-electron chi connectivity index (χ1n) is 11.9. The molecule has 192 valence electrons. The molecule has 1 N–H and O–H groups in total. The first-order chi connectivity index (χ1) is 17.5. The molecule has 0 radical (unpaired) electrons. The number of ketones is 1. The van der Waals surface area contributed by atoms with E-state index in [0.29, 0.717) is 54.6 Å². The predicted octanol–water partition coefficient (Wildman–Crippen LogP) is 2.86. The molecule has 0 aliphatic carbocycles. The summed E-state index contributed by atoms with van der Waals surface area (Å²) < 4.78 is 21.3.